The summed E-state index contributed by atoms with van der Waals surface area (Å²) in [5.74, 6) is -0.294. The minimum atomic E-state index is -0.294. The largest absolute Gasteiger partial charge is 0.361 e. The van der Waals surface area contributed by atoms with E-state index in [1.54, 1.807) is 5.48 Å². The van der Waals surface area contributed by atoms with E-state index in [9.17, 15) is 4.79 Å². The zero-order chi connectivity index (χ0) is 21.9. The number of fused-ring (bicyclic) bond motifs is 1. The number of carbonyl (C=O) groups excluding carboxylic acids is 1. The van der Waals surface area contributed by atoms with E-state index in [4.69, 9.17) is 5.21 Å². The van der Waals surface area contributed by atoms with E-state index < -0.39 is 0 Å². The lowest BCUT2D eigenvalue weighted by atomic mass is 10.1. The summed E-state index contributed by atoms with van der Waals surface area (Å²) < 4.78 is 1.11. The number of unbranched alkanes of at least 4 members (excludes halogenated alkanes) is 4. The number of nitrogens with one attached hydrogen (secondary N) is 2. The van der Waals surface area contributed by atoms with E-state index in [0.29, 0.717) is 6.42 Å². The Hall–Kier alpha value is -2.15. The molecule has 1 aromatic heterocycles. The molecule has 0 spiro atoms. The first-order valence-corrected chi connectivity index (χ1v) is 11.9. The van der Waals surface area contributed by atoms with Gasteiger partial charge in [0.05, 0.1) is 0 Å². The third-order valence-corrected chi connectivity index (χ3v) is 6.22. The number of nitrogens with zero attached hydrogens (tertiary/aromatic N) is 1. The molecule has 0 atom stereocenters. The molecule has 0 aliphatic heterocycles. The second kappa shape index (κ2) is 12.6. The molecule has 2 aromatic carbocycles. The lowest BCUT2D eigenvalue weighted by Gasteiger charge is -2.22. The SMILES string of the molecule is O=C(CCCCCCCN(CCc1c[nH]c2ccccc12)Cc1ccc(Br)cc1)NO. The van der Waals surface area contributed by atoms with Gasteiger partial charge in [0.15, 0.2) is 0 Å². The first-order chi connectivity index (χ1) is 15.2. The molecule has 0 unspecified atom stereocenters. The fraction of sp³-hybridized carbons (Fsp3) is 0.400. The van der Waals surface area contributed by atoms with Crippen molar-refractivity contribution in [2.75, 3.05) is 13.1 Å². The molecule has 0 saturated heterocycles. The van der Waals surface area contributed by atoms with Gasteiger partial charge in [0.2, 0.25) is 5.91 Å². The number of hydrogen-bond acceptors (Lipinski definition) is 3. The normalized spacial score (nSPS) is 11.3. The van der Waals surface area contributed by atoms with Crippen LogP contribution in [0.5, 0.6) is 0 Å². The highest BCUT2D eigenvalue weighted by molar-refractivity contribution is 9.10. The Labute approximate surface area is 192 Å². The highest BCUT2D eigenvalue weighted by Gasteiger charge is 2.09. The van der Waals surface area contributed by atoms with E-state index >= 15 is 0 Å². The molecule has 5 nitrogen and oxygen atoms in total. The first kappa shape index (κ1) is 23.5. The number of hydroxylamine groups is 1. The van der Waals surface area contributed by atoms with E-state index in [0.717, 1.165) is 62.6 Å². The van der Waals surface area contributed by atoms with E-state index in [1.165, 1.54) is 22.0 Å². The van der Waals surface area contributed by atoms with Crippen LogP contribution in [0.1, 0.15) is 49.7 Å². The minimum absolute atomic E-state index is 0.294. The summed E-state index contributed by atoms with van der Waals surface area (Å²) in [5, 5.41) is 9.86. The molecule has 0 aliphatic rings. The Bertz CT molecular complexity index is 939. The van der Waals surface area contributed by atoms with Crippen LogP contribution < -0.4 is 5.48 Å². The van der Waals surface area contributed by atoms with Gasteiger partial charge in [0, 0.05) is 41.1 Å². The Morgan fingerprint density at radius 3 is 2.52 bits per heavy atom. The van der Waals surface area contributed by atoms with Crippen LogP contribution >= 0.6 is 15.9 Å². The Morgan fingerprint density at radius 1 is 0.968 bits per heavy atom. The van der Waals surface area contributed by atoms with Gasteiger partial charge < -0.3 is 4.98 Å². The summed E-state index contributed by atoms with van der Waals surface area (Å²) >= 11 is 3.52. The van der Waals surface area contributed by atoms with Gasteiger partial charge in [-0.25, -0.2) is 5.48 Å². The number of benzene rings is 2. The van der Waals surface area contributed by atoms with Gasteiger partial charge in [0.1, 0.15) is 0 Å². The van der Waals surface area contributed by atoms with Crippen molar-refractivity contribution in [1.82, 2.24) is 15.4 Å². The minimum Gasteiger partial charge on any atom is -0.361 e. The number of halogens is 1. The van der Waals surface area contributed by atoms with Crippen molar-refractivity contribution in [2.24, 2.45) is 0 Å². The van der Waals surface area contributed by atoms with Crippen molar-refractivity contribution in [3.05, 3.63) is 70.3 Å². The van der Waals surface area contributed by atoms with Crippen LogP contribution in [0, 0.1) is 0 Å². The maximum Gasteiger partial charge on any atom is 0.243 e. The monoisotopic (exact) mass is 485 g/mol. The third-order valence-electron chi connectivity index (χ3n) is 5.69. The zero-order valence-electron chi connectivity index (χ0n) is 17.9. The van der Waals surface area contributed by atoms with E-state index in [-0.39, 0.29) is 5.91 Å². The van der Waals surface area contributed by atoms with Crippen LogP contribution in [0.4, 0.5) is 0 Å². The van der Waals surface area contributed by atoms with Crippen LogP contribution in [-0.2, 0) is 17.8 Å². The fourth-order valence-electron chi connectivity index (χ4n) is 3.94. The molecule has 3 rings (SSSR count). The second-order valence-electron chi connectivity index (χ2n) is 8.06. The third kappa shape index (κ3) is 7.80. The topological polar surface area (TPSA) is 68.4 Å². The number of aromatic nitrogens is 1. The van der Waals surface area contributed by atoms with Crippen molar-refractivity contribution < 1.29 is 10.0 Å². The predicted molar refractivity (Wildman–Crippen MR) is 129 cm³/mol. The molecule has 0 saturated carbocycles. The quantitative estimate of drug-likeness (QED) is 0.162. The van der Waals surface area contributed by atoms with Crippen LogP contribution in [0.2, 0.25) is 0 Å². The molecular formula is C25H32BrN3O2. The number of amides is 1. The van der Waals surface area contributed by atoms with Crippen molar-refractivity contribution in [2.45, 2.75) is 51.5 Å². The van der Waals surface area contributed by atoms with Crippen LogP contribution in [0.25, 0.3) is 10.9 Å². The summed E-state index contributed by atoms with van der Waals surface area (Å²) in [6.45, 7) is 3.04. The summed E-state index contributed by atoms with van der Waals surface area (Å²) in [4.78, 5) is 17.0. The maximum absolute atomic E-state index is 11.1. The molecule has 1 heterocycles. The summed E-state index contributed by atoms with van der Waals surface area (Å²) in [7, 11) is 0. The number of H-pyrrole nitrogens is 1. The lowest BCUT2D eigenvalue weighted by Crippen LogP contribution is -2.27. The van der Waals surface area contributed by atoms with Gasteiger partial charge in [0.25, 0.3) is 0 Å². The highest BCUT2D eigenvalue weighted by atomic mass is 79.9. The number of hydrogen-bond donors (Lipinski definition) is 3. The molecule has 3 N–H and O–H groups in total. The van der Waals surface area contributed by atoms with Gasteiger partial charge >= 0.3 is 0 Å². The number of aromatic amines is 1. The molecule has 3 aromatic rings. The number of carbonyl (C=O) groups is 1. The summed E-state index contributed by atoms with van der Waals surface area (Å²) in [5.41, 5.74) is 5.60. The molecule has 0 bridgehead atoms. The average molecular weight is 486 g/mol. The van der Waals surface area contributed by atoms with Gasteiger partial charge in [-0.1, -0.05) is 65.5 Å². The Kier molecular flexibility index (Phi) is 9.59. The van der Waals surface area contributed by atoms with E-state index in [2.05, 4.69) is 80.5 Å². The van der Waals surface area contributed by atoms with Gasteiger partial charge in [-0.05, 0) is 55.1 Å². The van der Waals surface area contributed by atoms with Gasteiger partial charge in [-0.2, -0.15) is 0 Å². The van der Waals surface area contributed by atoms with Crippen LogP contribution in [0.15, 0.2) is 59.2 Å². The van der Waals surface area contributed by atoms with E-state index in [1.807, 2.05) is 0 Å². The Balaban J connectivity index is 1.49. The van der Waals surface area contributed by atoms with Gasteiger partial charge in [-0.15, -0.1) is 0 Å². The van der Waals surface area contributed by atoms with Crippen molar-refractivity contribution in [3.8, 4) is 0 Å². The van der Waals surface area contributed by atoms with Crippen LogP contribution in [0.3, 0.4) is 0 Å². The van der Waals surface area contributed by atoms with Crippen molar-refractivity contribution in [1.29, 1.82) is 0 Å². The fourth-order valence-corrected chi connectivity index (χ4v) is 4.21. The molecule has 6 heteroatoms. The molecule has 0 fully saturated rings. The molecule has 0 radical (unpaired) electrons. The Morgan fingerprint density at radius 2 is 1.71 bits per heavy atom. The standard InChI is InChI=1S/C25H32BrN3O2/c26-22-13-11-20(12-14-22)19-29(16-7-3-1-2-4-10-25(30)28-31)17-15-21-18-27-24-9-6-5-8-23(21)24/h5-6,8-9,11-14,18,27,31H,1-4,7,10,15-17,19H2,(H,28,30). The molecular weight excluding hydrogens is 454 g/mol. The molecule has 1 amide bonds. The number of rotatable bonds is 13. The van der Waals surface area contributed by atoms with Crippen molar-refractivity contribution in [3.63, 3.8) is 0 Å². The van der Waals surface area contributed by atoms with Gasteiger partial charge in [-0.3, -0.25) is 14.9 Å². The van der Waals surface area contributed by atoms with Crippen LogP contribution in [-0.4, -0.2) is 34.1 Å². The molecule has 0 aliphatic carbocycles. The number of para-hydroxylation sites is 1. The second-order valence-corrected chi connectivity index (χ2v) is 8.98. The lowest BCUT2D eigenvalue weighted by molar-refractivity contribution is -0.129. The predicted octanol–water partition coefficient (Wildman–Crippen LogP) is 5.82. The summed E-state index contributed by atoms with van der Waals surface area (Å²) in [6.07, 6.45) is 8.85. The zero-order valence-corrected chi connectivity index (χ0v) is 19.5. The molecule has 166 valence electrons. The smallest absolute Gasteiger partial charge is 0.243 e. The molecule has 31 heavy (non-hydrogen) atoms. The van der Waals surface area contributed by atoms with Crippen molar-refractivity contribution >= 4 is 32.7 Å². The maximum atomic E-state index is 11.1. The highest BCUT2D eigenvalue weighted by Crippen LogP contribution is 2.19. The average Bonchev–Trinajstić information content (AvgIpc) is 3.21. The summed E-state index contributed by atoms with van der Waals surface area (Å²) in [6, 6.07) is 17.1. The first-order valence-electron chi connectivity index (χ1n) is 11.1.